The number of nitrogens with one attached hydrogen (secondary N) is 1. The standard InChI is InChI=1S/C19H18N4O2/c24-18-16-5-1-2-6-17(16)21-19(25)23(18)20-13-14-7-9-15(10-8-14)22-11-3-4-12-22/h1-2,5-10,13H,3-4,11-12H2,(H,21,25). The van der Waals surface area contributed by atoms with Crippen molar-refractivity contribution in [1.82, 2.24) is 9.66 Å². The van der Waals surface area contributed by atoms with Crippen molar-refractivity contribution in [3.63, 3.8) is 0 Å². The van der Waals surface area contributed by atoms with Gasteiger partial charge in [-0.05, 0) is 42.7 Å². The molecule has 0 atom stereocenters. The largest absolute Gasteiger partial charge is 0.372 e. The maximum atomic E-state index is 12.4. The van der Waals surface area contributed by atoms with Gasteiger partial charge in [0.25, 0.3) is 5.56 Å². The van der Waals surface area contributed by atoms with Crippen LogP contribution in [0.5, 0.6) is 0 Å². The van der Waals surface area contributed by atoms with Crippen LogP contribution < -0.4 is 16.1 Å². The molecule has 0 bridgehead atoms. The molecule has 1 N–H and O–H groups in total. The molecular formula is C19H18N4O2. The summed E-state index contributed by atoms with van der Waals surface area (Å²) in [5, 5.41) is 4.51. The Hall–Kier alpha value is -3.15. The molecule has 1 aromatic heterocycles. The highest BCUT2D eigenvalue weighted by molar-refractivity contribution is 5.81. The van der Waals surface area contributed by atoms with E-state index in [1.54, 1.807) is 24.3 Å². The summed E-state index contributed by atoms with van der Waals surface area (Å²) < 4.78 is 0.858. The molecule has 6 heteroatoms. The zero-order chi connectivity index (χ0) is 17.2. The molecule has 0 radical (unpaired) electrons. The molecule has 25 heavy (non-hydrogen) atoms. The maximum Gasteiger partial charge on any atom is 0.349 e. The quantitative estimate of drug-likeness (QED) is 0.746. The number of rotatable bonds is 3. The van der Waals surface area contributed by atoms with Crippen molar-refractivity contribution < 1.29 is 0 Å². The van der Waals surface area contributed by atoms with E-state index in [0.717, 1.165) is 23.3 Å². The Labute approximate surface area is 144 Å². The first-order valence-electron chi connectivity index (χ1n) is 8.36. The number of hydrogen-bond donors (Lipinski definition) is 1. The van der Waals surface area contributed by atoms with Gasteiger partial charge in [-0.25, -0.2) is 4.79 Å². The minimum atomic E-state index is -0.548. The van der Waals surface area contributed by atoms with E-state index in [1.807, 2.05) is 24.3 Å². The van der Waals surface area contributed by atoms with Gasteiger partial charge in [0.15, 0.2) is 0 Å². The molecule has 6 nitrogen and oxygen atoms in total. The van der Waals surface area contributed by atoms with Crippen LogP contribution in [0.25, 0.3) is 10.9 Å². The third-order valence-electron chi connectivity index (χ3n) is 4.47. The second-order valence-electron chi connectivity index (χ2n) is 6.12. The summed E-state index contributed by atoms with van der Waals surface area (Å²) in [4.78, 5) is 29.5. The van der Waals surface area contributed by atoms with E-state index >= 15 is 0 Å². The van der Waals surface area contributed by atoms with E-state index in [1.165, 1.54) is 24.7 Å². The van der Waals surface area contributed by atoms with Crippen molar-refractivity contribution in [2.24, 2.45) is 5.10 Å². The van der Waals surface area contributed by atoms with Crippen molar-refractivity contribution in [2.75, 3.05) is 18.0 Å². The van der Waals surface area contributed by atoms with Gasteiger partial charge < -0.3 is 9.88 Å². The summed E-state index contributed by atoms with van der Waals surface area (Å²) in [5.74, 6) is 0. The summed E-state index contributed by atoms with van der Waals surface area (Å²) >= 11 is 0. The third kappa shape index (κ3) is 2.98. The van der Waals surface area contributed by atoms with Crippen molar-refractivity contribution in [2.45, 2.75) is 12.8 Å². The minimum absolute atomic E-state index is 0.427. The van der Waals surface area contributed by atoms with E-state index in [4.69, 9.17) is 0 Å². The molecule has 0 saturated carbocycles. The number of aromatic amines is 1. The van der Waals surface area contributed by atoms with Crippen molar-refractivity contribution >= 4 is 22.8 Å². The van der Waals surface area contributed by atoms with Crippen LogP contribution in [0, 0.1) is 0 Å². The predicted molar refractivity (Wildman–Crippen MR) is 99.7 cm³/mol. The monoisotopic (exact) mass is 334 g/mol. The molecule has 1 fully saturated rings. The number of benzene rings is 2. The topological polar surface area (TPSA) is 70.5 Å². The number of H-pyrrole nitrogens is 1. The lowest BCUT2D eigenvalue weighted by molar-refractivity contribution is 0.771. The van der Waals surface area contributed by atoms with Gasteiger partial charge in [-0.2, -0.15) is 5.10 Å². The van der Waals surface area contributed by atoms with Crippen LogP contribution in [0.15, 0.2) is 63.2 Å². The summed E-state index contributed by atoms with van der Waals surface area (Å²) in [7, 11) is 0. The van der Waals surface area contributed by atoms with E-state index in [-0.39, 0.29) is 0 Å². The van der Waals surface area contributed by atoms with Crippen molar-refractivity contribution in [1.29, 1.82) is 0 Å². The molecule has 2 heterocycles. The van der Waals surface area contributed by atoms with Crippen LogP contribution in [-0.4, -0.2) is 29.0 Å². The fourth-order valence-corrected chi connectivity index (χ4v) is 3.13. The molecule has 1 aliphatic heterocycles. The molecule has 2 aromatic carbocycles. The normalized spacial score (nSPS) is 14.6. The number of fused-ring (bicyclic) bond motifs is 1. The van der Waals surface area contributed by atoms with E-state index in [0.29, 0.717) is 10.9 Å². The van der Waals surface area contributed by atoms with Gasteiger partial charge >= 0.3 is 5.69 Å². The lowest BCUT2D eigenvalue weighted by Gasteiger charge is -2.17. The average molecular weight is 334 g/mol. The van der Waals surface area contributed by atoms with E-state index in [9.17, 15) is 9.59 Å². The highest BCUT2D eigenvalue weighted by Gasteiger charge is 2.11. The number of nitrogens with zero attached hydrogens (tertiary/aromatic N) is 3. The van der Waals surface area contributed by atoms with Gasteiger partial charge in [-0.1, -0.05) is 24.3 Å². The Balaban J connectivity index is 1.64. The van der Waals surface area contributed by atoms with Crippen molar-refractivity contribution in [3.05, 3.63) is 74.9 Å². The molecular weight excluding hydrogens is 316 g/mol. The molecule has 4 rings (SSSR count). The van der Waals surface area contributed by atoms with Gasteiger partial charge in [-0.15, -0.1) is 4.68 Å². The van der Waals surface area contributed by atoms with Gasteiger partial charge in [-0.3, -0.25) is 4.79 Å². The summed E-state index contributed by atoms with van der Waals surface area (Å²) in [5.41, 5.74) is 1.56. The number of para-hydroxylation sites is 1. The van der Waals surface area contributed by atoms with Crippen LogP contribution in [-0.2, 0) is 0 Å². The Morgan fingerprint density at radius 3 is 2.44 bits per heavy atom. The van der Waals surface area contributed by atoms with Crippen LogP contribution in [0.2, 0.25) is 0 Å². The van der Waals surface area contributed by atoms with Gasteiger partial charge in [0, 0.05) is 18.8 Å². The first-order chi connectivity index (χ1) is 12.2. The molecule has 126 valence electrons. The van der Waals surface area contributed by atoms with Gasteiger partial charge in [0.1, 0.15) is 0 Å². The highest BCUT2D eigenvalue weighted by Crippen LogP contribution is 2.19. The Morgan fingerprint density at radius 1 is 0.960 bits per heavy atom. The van der Waals surface area contributed by atoms with Crippen LogP contribution in [0.4, 0.5) is 5.69 Å². The zero-order valence-corrected chi connectivity index (χ0v) is 13.7. The molecule has 0 amide bonds. The average Bonchev–Trinajstić information content (AvgIpc) is 3.17. The van der Waals surface area contributed by atoms with Crippen LogP contribution in [0.3, 0.4) is 0 Å². The highest BCUT2D eigenvalue weighted by atomic mass is 16.2. The zero-order valence-electron chi connectivity index (χ0n) is 13.7. The number of hydrogen-bond acceptors (Lipinski definition) is 4. The second-order valence-corrected chi connectivity index (χ2v) is 6.12. The van der Waals surface area contributed by atoms with Crippen LogP contribution >= 0.6 is 0 Å². The van der Waals surface area contributed by atoms with Gasteiger partial charge in [0.2, 0.25) is 0 Å². The lowest BCUT2D eigenvalue weighted by atomic mass is 10.2. The van der Waals surface area contributed by atoms with E-state index < -0.39 is 11.2 Å². The maximum absolute atomic E-state index is 12.4. The lowest BCUT2D eigenvalue weighted by Crippen LogP contribution is -2.32. The summed E-state index contributed by atoms with van der Waals surface area (Å²) in [6.45, 7) is 2.19. The molecule has 1 saturated heterocycles. The summed E-state index contributed by atoms with van der Waals surface area (Å²) in [6.07, 6.45) is 3.99. The van der Waals surface area contributed by atoms with E-state index in [2.05, 4.69) is 15.0 Å². The molecule has 1 aliphatic rings. The Morgan fingerprint density at radius 2 is 1.68 bits per heavy atom. The Kier molecular flexibility index (Phi) is 3.93. The first kappa shape index (κ1) is 15.4. The SMILES string of the molecule is O=c1[nH]c2ccccc2c(=O)n1N=Cc1ccc(N2CCCC2)cc1. The molecule has 0 aliphatic carbocycles. The van der Waals surface area contributed by atoms with Crippen molar-refractivity contribution in [3.8, 4) is 0 Å². The fourth-order valence-electron chi connectivity index (χ4n) is 3.13. The smallest absolute Gasteiger partial charge is 0.349 e. The number of anilines is 1. The van der Waals surface area contributed by atoms with Gasteiger partial charge in [0.05, 0.1) is 17.1 Å². The molecule has 3 aromatic rings. The molecule has 0 unspecified atom stereocenters. The second kappa shape index (κ2) is 6.39. The number of aromatic nitrogens is 2. The molecule has 0 spiro atoms. The fraction of sp³-hybridized carbons (Fsp3) is 0.211. The van der Waals surface area contributed by atoms with Crippen LogP contribution in [0.1, 0.15) is 18.4 Å². The predicted octanol–water partition coefficient (Wildman–Crippen LogP) is 2.17. The Bertz CT molecular complexity index is 1040. The first-order valence-corrected chi connectivity index (χ1v) is 8.36. The third-order valence-corrected chi connectivity index (χ3v) is 4.47. The minimum Gasteiger partial charge on any atom is -0.372 e. The summed E-state index contributed by atoms with van der Waals surface area (Å²) in [6, 6.07) is 14.9.